The quantitative estimate of drug-likeness (QED) is 0.314. The Morgan fingerprint density at radius 3 is 2.46 bits per heavy atom. The number of nitrogens with zero attached hydrogens (tertiary/aromatic N) is 2. The Kier molecular flexibility index (Phi) is 7.09. The molecule has 1 aliphatic heterocycles. The number of rotatable bonds is 6. The van der Waals surface area contributed by atoms with Crippen LogP contribution in [0.4, 0.5) is 0 Å². The number of carbonyl (C=O) groups excluding carboxylic acids is 1. The monoisotopic (exact) mass is 528 g/mol. The van der Waals surface area contributed by atoms with E-state index in [0.717, 1.165) is 21.6 Å². The Hall–Kier alpha value is -3.55. The van der Waals surface area contributed by atoms with Crippen molar-refractivity contribution in [3.8, 4) is 0 Å². The number of carbonyl (C=O) groups is 1. The number of esters is 1. The van der Waals surface area contributed by atoms with Crippen molar-refractivity contribution in [2.24, 2.45) is 4.99 Å². The minimum absolute atomic E-state index is 0.164. The second-order valence-corrected chi connectivity index (χ2v) is 11.2. The number of thiophene rings is 1. The molecule has 2 aromatic carbocycles. The molecule has 5 rings (SSSR count). The van der Waals surface area contributed by atoms with E-state index in [2.05, 4.69) is 26.0 Å². The standard InChI is InChI=1S/C30H28N2O3S2/c1-5-35-29(34)25-26(21-9-7-6-8-10-21)31-30-32(27(25)22-13-11-20(12-14-22)18(2)3)28(33)24(37-30)17-23-19(4)15-16-36-23/h6-18,27H,5H2,1-4H3/b24-17-/t27-/m0/s1. The molecule has 37 heavy (non-hydrogen) atoms. The van der Waals surface area contributed by atoms with Gasteiger partial charge < -0.3 is 4.74 Å². The maximum Gasteiger partial charge on any atom is 0.338 e. The number of ether oxygens (including phenoxy) is 1. The average molecular weight is 529 g/mol. The SMILES string of the molecule is CCOC(=O)C1=C(c2ccccc2)N=c2s/c(=C\c3sccc3C)c(=O)n2[C@H]1c1ccc(C(C)C)cc1. The largest absolute Gasteiger partial charge is 0.463 e. The molecule has 3 heterocycles. The molecular formula is C30H28N2O3S2. The van der Waals surface area contributed by atoms with E-state index in [1.807, 2.05) is 66.9 Å². The number of fused-ring (bicyclic) bond motifs is 1. The van der Waals surface area contributed by atoms with E-state index in [0.29, 0.717) is 26.5 Å². The fraction of sp³-hybridized carbons (Fsp3) is 0.233. The number of thiazole rings is 1. The van der Waals surface area contributed by atoms with Gasteiger partial charge in [0.1, 0.15) is 0 Å². The Morgan fingerprint density at radius 1 is 1.11 bits per heavy atom. The second-order valence-electron chi connectivity index (χ2n) is 9.22. The van der Waals surface area contributed by atoms with Crippen LogP contribution in [0.3, 0.4) is 0 Å². The minimum atomic E-state index is -0.654. The lowest BCUT2D eigenvalue weighted by molar-refractivity contribution is -0.138. The lowest BCUT2D eigenvalue weighted by Gasteiger charge is -2.26. The third kappa shape index (κ3) is 4.77. The molecule has 0 fully saturated rings. The zero-order valence-corrected chi connectivity index (χ0v) is 22.9. The molecule has 1 aliphatic rings. The topological polar surface area (TPSA) is 60.7 Å². The molecule has 0 radical (unpaired) electrons. The van der Waals surface area contributed by atoms with Crippen LogP contribution in [-0.2, 0) is 9.53 Å². The van der Waals surface area contributed by atoms with Gasteiger partial charge in [-0.1, -0.05) is 79.8 Å². The van der Waals surface area contributed by atoms with Crippen molar-refractivity contribution in [3.63, 3.8) is 0 Å². The molecule has 1 atom stereocenters. The summed E-state index contributed by atoms with van der Waals surface area (Å²) in [7, 11) is 0. The summed E-state index contributed by atoms with van der Waals surface area (Å²) in [6.07, 6.45) is 1.93. The van der Waals surface area contributed by atoms with Crippen molar-refractivity contribution < 1.29 is 9.53 Å². The van der Waals surface area contributed by atoms with Crippen LogP contribution < -0.4 is 14.9 Å². The van der Waals surface area contributed by atoms with E-state index in [9.17, 15) is 9.59 Å². The highest BCUT2D eigenvalue weighted by molar-refractivity contribution is 7.11. The number of aromatic nitrogens is 1. The molecule has 188 valence electrons. The van der Waals surface area contributed by atoms with Gasteiger partial charge in [-0.05, 0) is 54.0 Å². The fourth-order valence-corrected chi connectivity index (χ4v) is 6.39. The Labute approximate surface area is 223 Å². The molecule has 0 saturated heterocycles. The summed E-state index contributed by atoms with van der Waals surface area (Å²) < 4.78 is 7.78. The smallest absolute Gasteiger partial charge is 0.338 e. The van der Waals surface area contributed by atoms with Gasteiger partial charge in [0, 0.05) is 10.4 Å². The number of hydrogen-bond donors (Lipinski definition) is 0. The van der Waals surface area contributed by atoms with Crippen molar-refractivity contribution >= 4 is 40.4 Å². The van der Waals surface area contributed by atoms with E-state index in [4.69, 9.17) is 9.73 Å². The summed E-state index contributed by atoms with van der Waals surface area (Å²) in [5, 5.41) is 2.02. The molecule has 4 aromatic rings. The summed E-state index contributed by atoms with van der Waals surface area (Å²) >= 11 is 2.95. The van der Waals surface area contributed by atoms with Gasteiger partial charge in [-0.15, -0.1) is 11.3 Å². The molecule has 0 saturated carbocycles. The van der Waals surface area contributed by atoms with Crippen molar-refractivity contribution in [1.82, 2.24) is 4.57 Å². The van der Waals surface area contributed by atoms with E-state index >= 15 is 0 Å². The number of hydrogen-bond acceptors (Lipinski definition) is 6. The lowest BCUT2D eigenvalue weighted by Crippen LogP contribution is -2.40. The third-order valence-electron chi connectivity index (χ3n) is 6.46. The lowest BCUT2D eigenvalue weighted by atomic mass is 9.91. The number of aryl methyl sites for hydroxylation is 1. The van der Waals surface area contributed by atoms with Gasteiger partial charge in [-0.25, -0.2) is 9.79 Å². The van der Waals surface area contributed by atoms with E-state index < -0.39 is 12.0 Å². The molecule has 0 spiro atoms. The fourth-order valence-electron chi connectivity index (χ4n) is 4.47. The predicted molar refractivity (Wildman–Crippen MR) is 151 cm³/mol. The molecule has 0 aliphatic carbocycles. The highest BCUT2D eigenvalue weighted by atomic mass is 32.1. The molecule has 0 amide bonds. The van der Waals surface area contributed by atoms with Crippen molar-refractivity contribution in [1.29, 1.82) is 0 Å². The first kappa shape index (κ1) is 25.1. The predicted octanol–water partition coefficient (Wildman–Crippen LogP) is 5.43. The van der Waals surface area contributed by atoms with E-state index in [-0.39, 0.29) is 12.2 Å². The first-order valence-electron chi connectivity index (χ1n) is 12.3. The summed E-state index contributed by atoms with van der Waals surface area (Å²) in [4.78, 5) is 33.9. The van der Waals surface area contributed by atoms with Gasteiger partial charge >= 0.3 is 5.97 Å². The van der Waals surface area contributed by atoms with Gasteiger partial charge in [0.05, 0.1) is 28.5 Å². The van der Waals surface area contributed by atoms with Gasteiger partial charge in [0.15, 0.2) is 4.80 Å². The van der Waals surface area contributed by atoms with E-state index in [1.54, 1.807) is 22.8 Å². The van der Waals surface area contributed by atoms with Crippen LogP contribution in [0, 0.1) is 6.92 Å². The Bertz CT molecular complexity index is 1660. The van der Waals surface area contributed by atoms with Crippen molar-refractivity contribution in [2.75, 3.05) is 6.61 Å². The van der Waals surface area contributed by atoms with Gasteiger partial charge in [-0.3, -0.25) is 9.36 Å². The van der Waals surface area contributed by atoms with Gasteiger partial charge in [-0.2, -0.15) is 0 Å². The van der Waals surface area contributed by atoms with Crippen LogP contribution in [0.25, 0.3) is 11.8 Å². The zero-order valence-electron chi connectivity index (χ0n) is 21.2. The van der Waals surface area contributed by atoms with Crippen LogP contribution in [0.1, 0.15) is 59.9 Å². The molecular weight excluding hydrogens is 500 g/mol. The molecule has 0 unspecified atom stereocenters. The van der Waals surface area contributed by atoms with Gasteiger partial charge in [0.2, 0.25) is 0 Å². The summed E-state index contributed by atoms with van der Waals surface area (Å²) in [5.41, 5.74) is 4.71. The first-order valence-corrected chi connectivity index (χ1v) is 14.0. The molecule has 0 N–H and O–H groups in total. The molecule has 0 bridgehead atoms. The zero-order chi connectivity index (χ0) is 26.1. The summed E-state index contributed by atoms with van der Waals surface area (Å²) in [6, 6.07) is 19.2. The molecule has 5 nitrogen and oxygen atoms in total. The third-order valence-corrected chi connectivity index (χ3v) is 8.41. The maximum atomic E-state index is 13.9. The Morgan fingerprint density at radius 2 is 1.84 bits per heavy atom. The average Bonchev–Trinajstić information content (AvgIpc) is 3.45. The first-order chi connectivity index (χ1) is 17.9. The Balaban J connectivity index is 1.82. The van der Waals surface area contributed by atoms with Crippen LogP contribution in [0.15, 0.2) is 81.4 Å². The minimum Gasteiger partial charge on any atom is -0.463 e. The normalized spacial score (nSPS) is 15.6. The van der Waals surface area contributed by atoms with Crippen LogP contribution in [-0.4, -0.2) is 17.1 Å². The molecule has 2 aromatic heterocycles. The maximum absolute atomic E-state index is 13.9. The summed E-state index contributed by atoms with van der Waals surface area (Å²) in [6.45, 7) is 8.33. The van der Waals surface area contributed by atoms with E-state index in [1.165, 1.54) is 16.9 Å². The second kappa shape index (κ2) is 10.4. The number of benzene rings is 2. The highest BCUT2D eigenvalue weighted by Crippen LogP contribution is 2.35. The van der Waals surface area contributed by atoms with Crippen molar-refractivity contribution in [2.45, 2.75) is 39.7 Å². The highest BCUT2D eigenvalue weighted by Gasteiger charge is 2.35. The molecule has 7 heteroatoms. The summed E-state index contributed by atoms with van der Waals surface area (Å²) in [5.74, 6) is -0.101. The van der Waals surface area contributed by atoms with Gasteiger partial charge in [0.25, 0.3) is 5.56 Å². The van der Waals surface area contributed by atoms with Crippen LogP contribution in [0.2, 0.25) is 0 Å². The van der Waals surface area contributed by atoms with Crippen LogP contribution >= 0.6 is 22.7 Å². The van der Waals surface area contributed by atoms with Crippen molar-refractivity contribution in [3.05, 3.63) is 118 Å². The van der Waals surface area contributed by atoms with Crippen LogP contribution in [0.5, 0.6) is 0 Å².